The number of hydrogen-bond acceptors (Lipinski definition) is 7. The van der Waals surface area contributed by atoms with Crippen LogP contribution >= 0.6 is 15.9 Å². The summed E-state index contributed by atoms with van der Waals surface area (Å²) in [6.45, 7) is 0. The van der Waals surface area contributed by atoms with Crippen LogP contribution in [0.3, 0.4) is 0 Å². The molecule has 2 aromatic rings. The van der Waals surface area contributed by atoms with Gasteiger partial charge in [-0.05, 0) is 30.4 Å². The Hall–Kier alpha value is -2.14. The van der Waals surface area contributed by atoms with E-state index in [4.69, 9.17) is 23.9 Å². The third kappa shape index (κ3) is 3.48. The van der Waals surface area contributed by atoms with E-state index in [9.17, 15) is 8.42 Å². The van der Waals surface area contributed by atoms with E-state index in [-0.39, 0.29) is 11.5 Å². The molecule has 0 saturated carbocycles. The summed E-state index contributed by atoms with van der Waals surface area (Å²) in [5, 5.41) is 8.24. The molecule has 2 atom stereocenters. The minimum absolute atomic E-state index is 0.136. The maximum atomic E-state index is 12.4. The van der Waals surface area contributed by atoms with Crippen molar-refractivity contribution in [2.45, 2.75) is 10.9 Å². The number of sulfonamides is 1. The molecular weight excluding hydrogens is 452 g/mol. The van der Waals surface area contributed by atoms with Crippen LogP contribution in [0.4, 0.5) is 0 Å². The summed E-state index contributed by atoms with van der Waals surface area (Å²) >= 11 is 3.41. The number of primary sulfonamides is 1. The molecule has 0 saturated heterocycles. The van der Waals surface area contributed by atoms with E-state index in [2.05, 4.69) is 21.1 Å². The molecule has 0 radical (unpaired) electrons. The lowest BCUT2D eigenvalue weighted by Crippen LogP contribution is -2.50. The molecule has 2 N–H and O–H groups in total. The lowest BCUT2D eigenvalue weighted by atomic mass is 9.89. The summed E-state index contributed by atoms with van der Waals surface area (Å²) in [4.78, 5) is 0. The highest BCUT2D eigenvalue weighted by atomic mass is 79.9. The molecule has 150 valence electrons. The van der Waals surface area contributed by atoms with Crippen LogP contribution in [0.2, 0.25) is 0 Å². The molecule has 8 nitrogen and oxygen atoms in total. The Labute approximate surface area is 171 Å². The molecule has 1 aliphatic rings. The van der Waals surface area contributed by atoms with Crippen LogP contribution in [0.15, 0.2) is 57.2 Å². The Kier molecular flexibility index (Phi) is 5.67. The topological polar surface area (TPSA) is 114 Å². The molecule has 1 aromatic heterocycles. The van der Waals surface area contributed by atoms with Gasteiger partial charge in [-0.25, -0.2) is 13.6 Å². The van der Waals surface area contributed by atoms with Crippen LogP contribution in [-0.4, -0.2) is 40.2 Å². The highest BCUT2D eigenvalue weighted by Gasteiger charge is 2.51. The van der Waals surface area contributed by atoms with E-state index in [0.717, 1.165) is 4.47 Å². The molecule has 28 heavy (non-hydrogen) atoms. The number of nitrogens with two attached hydrogens (primary N) is 1. The fourth-order valence-electron chi connectivity index (χ4n) is 3.21. The average molecular weight is 471 g/mol. The van der Waals surface area contributed by atoms with E-state index >= 15 is 0 Å². The molecule has 1 aromatic carbocycles. The fourth-order valence-corrected chi connectivity index (χ4v) is 4.85. The van der Waals surface area contributed by atoms with Crippen molar-refractivity contribution in [3.63, 3.8) is 0 Å². The Balaban J connectivity index is 2.16. The Morgan fingerprint density at radius 3 is 2.57 bits per heavy atom. The lowest BCUT2D eigenvalue weighted by molar-refractivity contribution is 0.0138. The van der Waals surface area contributed by atoms with Gasteiger partial charge in [-0.3, -0.25) is 0 Å². The zero-order chi connectivity index (χ0) is 20.5. The maximum Gasteiger partial charge on any atom is 0.222 e. The Bertz CT molecular complexity index is 1050. The predicted octanol–water partition coefficient (Wildman–Crippen LogP) is 2.71. The first-order chi connectivity index (χ1) is 13.3. The van der Waals surface area contributed by atoms with Gasteiger partial charge in [0.05, 0.1) is 19.8 Å². The van der Waals surface area contributed by atoms with Gasteiger partial charge >= 0.3 is 0 Å². The smallest absolute Gasteiger partial charge is 0.222 e. The monoisotopic (exact) mass is 470 g/mol. The van der Waals surface area contributed by atoms with Crippen molar-refractivity contribution < 1.29 is 27.2 Å². The summed E-state index contributed by atoms with van der Waals surface area (Å²) in [5.41, 5.74) is -0.657. The zero-order valence-corrected chi connectivity index (χ0v) is 17.8. The third-order valence-corrected chi connectivity index (χ3v) is 6.22. The molecule has 1 heterocycles. The highest BCUT2D eigenvalue weighted by molar-refractivity contribution is 9.10. The Morgan fingerprint density at radius 2 is 1.96 bits per heavy atom. The molecule has 0 amide bonds. The number of rotatable bonds is 6. The highest BCUT2D eigenvalue weighted by Crippen LogP contribution is 2.42. The first-order valence-corrected chi connectivity index (χ1v) is 10.5. The van der Waals surface area contributed by atoms with Crippen LogP contribution in [0.5, 0.6) is 5.75 Å². The number of allylic oxidation sites excluding steroid dienone is 2. The number of halogens is 1. The SMILES string of the molecule is COC1=CC=CC(OC)(c2cc(-c3cc(Br)ccc3OC)on2)C1S(N)(=O)=O. The molecule has 0 spiro atoms. The van der Waals surface area contributed by atoms with E-state index in [0.29, 0.717) is 17.1 Å². The number of ether oxygens (including phenoxy) is 3. The van der Waals surface area contributed by atoms with E-state index in [1.807, 2.05) is 6.07 Å². The number of aromatic nitrogens is 1. The van der Waals surface area contributed by atoms with Gasteiger partial charge in [0, 0.05) is 17.6 Å². The number of hydrogen-bond donors (Lipinski definition) is 1. The predicted molar refractivity (Wildman–Crippen MR) is 106 cm³/mol. The van der Waals surface area contributed by atoms with Crippen LogP contribution in [0.1, 0.15) is 5.69 Å². The van der Waals surface area contributed by atoms with Gasteiger partial charge in [-0.1, -0.05) is 27.2 Å². The van der Waals surface area contributed by atoms with Gasteiger partial charge < -0.3 is 18.7 Å². The first kappa shape index (κ1) is 20.6. The van der Waals surface area contributed by atoms with Crippen molar-refractivity contribution in [1.82, 2.24) is 5.16 Å². The summed E-state index contributed by atoms with van der Waals surface area (Å²) in [6.07, 6.45) is 4.70. The third-order valence-electron chi connectivity index (χ3n) is 4.49. The van der Waals surface area contributed by atoms with Gasteiger partial charge in [0.2, 0.25) is 10.0 Å². The van der Waals surface area contributed by atoms with Crippen molar-refractivity contribution in [3.05, 3.63) is 58.4 Å². The van der Waals surface area contributed by atoms with Gasteiger partial charge in [0.25, 0.3) is 0 Å². The van der Waals surface area contributed by atoms with Crippen LogP contribution in [0.25, 0.3) is 11.3 Å². The molecular formula is C18H19BrN2O6S. The molecule has 1 aliphatic carbocycles. The van der Waals surface area contributed by atoms with Crippen molar-refractivity contribution in [2.24, 2.45) is 5.14 Å². The molecule has 2 unspecified atom stereocenters. The number of benzene rings is 1. The maximum absolute atomic E-state index is 12.4. The molecule has 0 aliphatic heterocycles. The van der Waals surface area contributed by atoms with Crippen molar-refractivity contribution in [1.29, 1.82) is 0 Å². The van der Waals surface area contributed by atoms with Gasteiger partial charge in [-0.15, -0.1) is 0 Å². The molecule has 0 fully saturated rings. The minimum Gasteiger partial charge on any atom is -0.500 e. The normalized spacial score (nSPS) is 22.0. The van der Waals surface area contributed by atoms with Crippen molar-refractivity contribution >= 4 is 26.0 Å². The second kappa shape index (κ2) is 7.70. The standard InChI is InChI=1S/C18H19BrN2O6S/c1-24-13-7-6-11(19)9-12(13)15-10-16(21-27-15)18(26-3)8-4-5-14(25-2)17(18)28(20,22)23/h4-10,17H,1-3H3,(H2,20,22,23). The summed E-state index contributed by atoms with van der Waals surface area (Å²) in [7, 11) is 0.161. The van der Waals surface area contributed by atoms with Crippen LogP contribution < -0.4 is 9.88 Å². The lowest BCUT2D eigenvalue weighted by Gasteiger charge is -2.36. The van der Waals surface area contributed by atoms with Gasteiger partial charge in [0.1, 0.15) is 17.2 Å². The van der Waals surface area contributed by atoms with Crippen molar-refractivity contribution in [3.8, 4) is 17.1 Å². The van der Waals surface area contributed by atoms with E-state index in [1.165, 1.54) is 27.4 Å². The second-order valence-corrected chi connectivity index (χ2v) is 8.58. The van der Waals surface area contributed by atoms with Crippen LogP contribution in [-0.2, 0) is 25.1 Å². The zero-order valence-electron chi connectivity index (χ0n) is 15.4. The van der Waals surface area contributed by atoms with Gasteiger partial charge in [-0.2, -0.15) is 0 Å². The first-order valence-electron chi connectivity index (χ1n) is 8.08. The van der Waals surface area contributed by atoms with E-state index < -0.39 is 20.9 Å². The van der Waals surface area contributed by atoms with Crippen molar-refractivity contribution in [2.75, 3.05) is 21.3 Å². The summed E-state index contributed by atoms with van der Waals surface area (Å²) < 4.78 is 47.3. The summed E-state index contributed by atoms with van der Waals surface area (Å²) in [6, 6.07) is 6.99. The fraction of sp³-hybridized carbons (Fsp3) is 0.278. The largest absolute Gasteiger partial charge is 0.500 e. The number of nitrogens with zero attached hydrogens (tertiary/aromatic N) is 1. The van der Waals surface area contributed by atoms with Gasteiger partial charge in [0.15, 0.2) is 16.6 Å². The second-order valence-electron chi connectivity index (χ2n) is 6.02. The molecule has 10 heteroatoms. The number of methoxy groups -OCH3 is 3. The molecule has 3 rings (SSSR count). The quantitative estimate of drug-likeness (QED) is 0.689. The minimum atomic E-state index is -4.11. The Morgan fingerprint density at radius 1 is 1.21 bits per heavy atom. The average Bonchev–Trinajstić information content (AvgIpc) is 3.17. The van der Waals surface area contributed by atoms with E-state index in [1.54, 1.807) is 30.4 Å². The van der Waals surface area contributed by atoms with Crippen LogP contribution in [0, 0.1) is 0 Å². The molecule has 0 bridgehead atoms. The summed E-state index contributed by atoms with van der Waals surface area (Å²) in [5.74, 6) is 1.08.